The molecule has 0 radical (unpaired) electrons. The van der Waals surface area contributed by atoms with Crippen LogP contribution in [0.1, 0.15) is 19.8 Å². The van der Waals surface area contributed by atoms with Gasteiger partial charge >= 0.3 is 0 Å². The van der Waals surface area contributed by atoms with Crippen LogP contribution < -0.4 is 0 Å². The van der Waals surface area contributed by atoms with Gasteiger partial charge in [-0.1, -0.05) is 0 Å². The molecule has 1 fully saturated rings. The number of hydrogen-bond donors (Lipinski definition) is 0. The van der Waals surface area contributed by atoms with Crippen LogP contribution >= 0.6 is 0 Å². The van der Waals surface area contributed by atoms with Crippen LogP contribution in [0.15, 0.2) is 0 Å². The summed E-state index contributed by atoms with van der Waals surface area (Å²) < 4.78 is 5.05. The number of methoxy groups -OCH3 is 1. The van der Waals surface area contributed by atoms with Gasteiger partial charge in [0, 0.05) is 7.11 Å². The molecule has 0 heterocycles. The molecule has 1 saturated carbocycles. The predicted molar refractivity (Wildman–Crippen MR) is 24.6 cm³/mol. The van der Waals surface area contributed by atoms with Crippen LogP contribution in [0, 0.1) is 0 Å². The highest BCUT2D eigenvalue weighted by Gasteiger charge is 2.36. The number of rotatable bonds is 1. The average Bonchev–Trinajstić information content (AvgIpc) is 2.22. The fraction of sp³-hybridized carbons (Fsp3) is 1.00. The maximum atomic E-state index is 5.05. The van der Waals surface area contributed by atoms with Gasteiger partial charge in [-0.3, -0.25) is 0 Å². The summed E-state index contributed by atoms with van der Waals surface area (Å²) >= 11 is 0. The van der Waals surface area contributed by atoms with Crippen LogP contribution in [0.4, 0.5) is 0 Å². The molecule has 0 aliphatic heterocycles. The molecule has 1 rings (SSSR count). The van der Waals surface area contributed by atoms with Crippen LogP contribution in [-0.4, -0.2) is 12.7 Å². The zero-order valence-electron chi connectivity index (χ0n) is 4.32. The lowest BCUT2D eigenvalue weighted by Crippen LogP contribution is -2.02. The molecule has 6 heavy (non-hydrogen) atoms. The molecule has 36 valence electrons. The number of hydrogen-bond acceptors (Lipinski definition) is 1. The molecule has 1 nitrogen and oxygen atoms in total. The van der Waals surface area contributed by atoms with Crippen molar-refractivity contribution in [1.29, 1.82) is 0 Å². The Balaban J connectivity index is 2.28. The fourth-order valence-electron chi connectivity index (χ4n) is 0.380. The maximum Gasteiger partial charge on any atom is 0.0652 e. The lowest BCUT2D eigenvalue weighted by atomic mass is 10.4. The lowest BCUT2D eigenvalue weighted by molar-refractivity contribution is 0.0969. The van der Waals surface area contributed by atoms with Crippen molar-refractivity contribution in [1.82, 2.24) is 0 Å². The van der Waals surface area contributed by atoms with E-state index in [1.807, 2.05) is 0 Å². The first kappa shape index (κ1) is 4.13. The summed E-state index contributed by atoms with van der Waals surface area (Å²) in [6.45, 7) is 2.13. The predicted octanol–water partition coefficient (Wildman–Crippen LogP) is 1.19. The van der Waals surface area contributed by atoms with E-state index in [1.165, 1.54) is 12.8 Å². The minimum atomic E-state index is 0.292. The van der Waals surface area contributed by atoms with E-state index < -0.39 is 0 Å². The van der Waals surface area contributed by atoms with Crippen LogP contribution in [0.2, 0.25) is 0 Å². The Hall–Kier alpha value is -0.0400. The Kier molecular flexibility index (Phi) is 0.667. The first-order valence-electron chi connectivity index (χ1n) is 2.32. The summed E-state index contributed by atoms with van der Waals surface area (Å²) in [5, 5.41) is 0. The minimum Gasteiger partial charge on any atom is -0.379 e. The van der Waals surface area contributed by atoms with E-state index in [1.54, 1.807) is 7.11 Å². The highest BCUT2D eigenvalue weighted by Crippen LogP contribution is 2.37. The summed E-state index contributed by atoms with van der Waals surface area (Å²) in [4.78, 5) is 0. The van der Waals surface area contributed by atoms with Crippen LogP contribution in [0.3, 0.4) is 0 Å². The van der Waals surface area contributed by atoms with E-state index in [-0.39, 0.29) is 0 Å². The van der Waals surface area contributed by atoms with Gasteiger partial charge in [0.05, 0.1) is 5.60 Å². The van der Waals surface area contributed by atoms with Crippen molar-refractivity contribution in [2.75, 3.05) is 7.11 Å². The molecule has 0 N–H and O–H groups in total. The molecule has 0 saturated heterocycles. The van der Waals surface area contributed by atoms with Crippen LogP contribution in [0.5, 0.6) is 0 Å². The van der Waals surface area contributed by atoms with Crippen LogP contribution in [0.25, 0.3) is 0 Å². The molecule has 0 aromatic heterocycles. The summed E-state index contributed by atoms with van der Waals surface area (Å²) in [6, 6.07) is 0. The SMILES string of the molecule is COC1(C)CC1. The quantitative estimate of drug-likeness (QED) is 0.465. The molecular formula is C5H10O. The molecule has 0 bridgehead atoms. The Labute approximate surface area is 38.3 Å². The van der Waals surface area contributed by atoms with Gasteiger partial charge in [-0.25, -0.2) is 0 Å². The molecule has 1 heteroatoms. The van der Waals surface area contributed by atoms with E-state index in [2.05, 4.69) is 6.92 Å². The van der Waals surface area contributed by atoms with Crippen molar-refractivity contribution >= 4 is 0 Å². The summed E-state index contributed by atoms with van der Waals surface area (Å²) in [7, 11) is 1.77. The molecule has 0 amide bonds. The standard InChI is InChI=1S/C5H10O/c1-5(6-2)3-4-5/h3-4H2,1-2H3. The largest absolute Gasteiger partial charge is 0.379 e. The average molecular weight is 86.1 g/mol. The zero-order valence-corrected chi connectivity index (χ0v) is 4.32. The second-order valence-corrected chi connectivity index (χ2v) is 2.15. The van der Waals surface area contributed by atoms with Gasteiger partial charge in [0.1, 0.15) is 0 Å². The maximum absolute atomic E-state index is 5.05. The molecule has 0 unspecified atom stereocenters. The van der Waals surface area contributed by atoms with Gasteiger partial charge in [-0.15, -0.1) is 0 Å². The van der Waals surface area contributed by atoms with Gasteiger partial charge in [0.25, 0.3) is 0 Å². The van der Waals surface area contributed by atoms with Crippen molar-refractivity contribution in [2.24, 2.45) is 0 Å². The summed E-state index contributed by atoms with van der Waals surface area (Å²) in [6.07, 6.45) is 2.51. The molecule has 0 spiro atoms. The highest BCUT2D eigenvalue weighted by atomic mass is 16.5. The third-order valence-corrected chi connectivity index (χ3v) is 1.45. The van der Waals surface area contributed by atoms with Crippen LogP contribution in [-0.2, 0) is 4.74 Å². The van der Waals surface area contributed by atoms with Crippen molar-refractivity contribution in [3.8, 4) is 0 Å². The normalized spacial score (nSPS) is 27.0. The van der Waals surface area contributed by atoms with E-state index in [9.17, 15) is 0 Å². The molecule has 0 aromatic rings. The second-order valence-electron chi connectivity index (χ2n) is 2.15. The summed E-state index contributed by atoms with van der Waals surface area (Å²) in [5.41, 5.74) is 0.292. The van der Waals surface area contributed by atoms with Crippen molar-refractivity contribution < 1.29 is 4.74 Å². The third-order valence-electron chi connectivity index (χ3n) is 1.45. The van der Waals surface area contributed by atoms with Crippen molar-refractivity contribution in [3.63, 3.8) is 0 Å². The van der Waals surface area contributed by atoms with Gasteiger partial charge in [0.15, 0.2) is 0 Å². The number of ether oxygens (including phenoxy) is 1. The highest BCUT2D eigenvalue weighted by molar-refractivity contribution is 4.89. The van der Waals surface area contributed by atoms with Gasteiger partial charge in [-0.2, -0.15) is 0 Å². The second kappa shape index (κ2) is 0.969. The minimum absolute atomic E-state index is 0.292. The first-order valence-corrected chi connectivity index (χ1v) is 2.32. The monoisotopic (exact) mass is 86.1 g/mol. The van der Waals surface area contributed by atoms with E-state index in [0.29, 0.717) is 5.60 Å². The van der Waals surface area contributed by atoms with Crippen molar-refractivity contribution in [3.05, 3.63) is 0 Å². The molecule has 0 atom stereocenters. The summed E-state index contributed by atoms with van der Waals surface area (Å²) in [5.74, 6) is 0. The molecule has 1 aliphatic rings. The Morgan fingerprint density at radius 2 is 2.00 bits per heavy atom. The third kappa shape index (κ3) is 0.548. The Morgan fingerprint density at radius 1 is 1.50 bits per heavy atom. The van der Waals surface area contributed by atoms with Crippen molar-refractivity contribution in [2.45, 2.75) is 25.4 Å². The van der Waals surface area contributed by atoms with Gasteiger partial charge < -0.3 is 4.74 Å². The zero-order chi connectivity index (χ0) is 4.62. The molecular weight excluding hydrogens is 76.1 g/mol. The van der Waals surface area contributed by atoms with E-state index in [4.69, 9.17) is 4.74 Å². The first-order chi connectivity index (χ1) is 2.77. The molecule has 0 aromatic carbocycles. The van der Waals surface area contributed by atoms with Gasteiger partial charge in [-0.05, 0) is 19.8 Å². The van der Waals surface area contributed by atoms with Gasteiger partial charge in [0.2, 0.25) is 0 Å². The smallest absolute Gasteiger partial charge is 0.0652 e. The Bertz CT molecular complexity index is 55.0. The fourth-order valence-corrected chi connectivity index (χ4v) is 0.380. The van der Waals surface area contributed by atoms with E-state index >= 15 is 0 Å². The Morgan fingerprint density at radius 3 is 2.00 bits per heavy atom. The molecule has 1 aliphatic carbocycles. The topological polar surface area (TPSA) is 9.23 Å². The lowest BCUT2D eigenvalue weighted by Gasteiger charge is -2.00. The van der Waals surface area contributed by atoms with E-state index in [0.717, 1.165) is 0 Å².